The third kappa shape index (κ3) is 4.44. The molecule has 0 fully saturated rings. The molecule has 1 amide bonds. The Bertz CT molecular complexity index is 1140. The minimum atomic E-state index is -0.296. The van der Waals surface area contributed by atoms with Crippen molar-refractivity contribution in [3.05, 3.63) is 64.3 Å². The highest BCUT2D eigenvalue weighted by Crippen LogP contribution is 2.45. The molecule has 3 aromatic rings. The van der Waals surface area contributed by atoms with Crippen molar-refractivity contribution in [2.75, 3.05) is 13.7 Å². The Balaban J connectivity index is 1.77. The van der Waals surface area contributed by atoms with Gasteiger partial charge in [0.25, 0.3) is 5.91 Å². The molecule has 174 valence electrons. The van der Waals surface area contributed by atoms with Gasteiger partial charge in [0, 0.05) is 22.2 Å². The minimum Gasteiger partial charge on any atom is -0.493 e. The normalized spacial score (nSPS) is 15.5. The summed E-state index contributed by atoms with van der Waals surface area (Å²) in [7, 11) is 1.64. The maximum absolute atomic E-state index is 13.3. The van der Waals surface area contributed by atoms with Gasteiger partial charge in [0.05, 0.1) is 25.5 Å². The molecule has 4 rings (SSSR count). The zero-order valence-electron chi connectivity index (χ0n) is 19.7. The van der Waals surface area contributed by atoms with E-state index >= 15 is 0 Å². The van der Waals surface area contributed by atoms with Gasteiger partial charge < -0.3 is 14.4 Å². The van der Waals surface area contributed by atoms with E-state index in [-0.39, 0.29) is 18.0 Å². The van der Waals surface area contributed by atoms with Crippen LogP contribution in [0.25, 0.3) is 11.3 Å². The Morgan fingerprint density at radius 2 is 1.82 bits per heavy atom. The van der Waals surface area contributed by atoms with Gasteiger partial charge in [0.1, 0.15) is 5.69 Å². The lowest BCUT2D eigenvalue weighted by Crippen LogP contribution is -2.35. The highest BCUT2D eigenvalue weighted by Gasteiger charge is 2.43. The number of nitrogens with one attached hydrogen (secondary N) is 1. The number of aromatic amines is 1. The molecule has 2 aromatic carbocycles. The van der Waals surface area contributed by atoms with E-state index in [1.54, 1.807) is 7.11 Å². The van der Waals surface area contributed by atoms with E-state index in [0.29, 0.717) is 34.7 Å². The van der Waals surface area contributed by atoms with Gasteiger partial charge in [-0.15, -0.1) is 0 Å². The van der Waals surface area contributed by atoms with Crippen molar-refractivity contribution in [3.8, 4) is 22.8 Å². The van der Waals surface area contributed by atoms with Gasteiger partial charge in [-0.25, -0.2) is 0 Å². The molecule has 0 radical (unpaired) electrons. The number of amides is 1. The largest absolute Gasteiger partial charge is 0.493 e. The molecular formula is C26H30ClN3O3. The first-order valence-corrected chi connectivity index (χ1v) is 11.7. The van der Waals surface area contributed by atoms with Crippen LogP contribution in [0.1, 0.15) is 61.8 Å². The molecule has 0 bridgehead atoms. The molecule has 0 saturated carbocycles. The average molecular weight is 468 g/mol. The van der Waals surface area contributed by atoms with E-state index in [0.717, 1.165) is 28.8 Å². The zero-order chi connectivity index (χ0) is 23.7. The zero-order valence-corrected chi connectivity index (χ0v) is 20.4. The van der Waals surface area contributed by atoms with E-state index < -0.39 is 0 Å². The van der Waals surface area contributed by atoms with E-state index in [9.17, 15) is 4.79 Å². The standard InChI is InChI=1S/C26H30ClN3O3/c1-15(2)12-13-33-20-11-8-18(14-21(20)32-5)25-22-23(17-6-9-19(27)10-7-17)28-29-24(22)26(31)30(25)16(3)4/h6-11,14-16,25H,12-13H2,1-5H3,(H,28,29). The summed E-state index contributed by atoms with van der Waals surface area (Å²) in [5, 5.41) is 8.14. The molecule has 1 aliphatic rings. The van der Waals surface area contributed by atoms with E-state index in [4.69, 9.17) is 21.1 Å². The van der Waals surface area contributed by atoms with Crippen LogP contribution in [-0.4, -0.2) is 40.8 Å². The molecule has 0 saturated heterocycles. The SMILES string of the molecule is COc1cc(C2c3c(-c4ccc(Cl)cc4)n[nH]c3C(=O)N2C(C)C)ccc1OCCC(C)C. The van der Waals surface area contributed by atoms with Crippen molar-refractivity contribution in [2.45, 2.75) is 46.2 Å². The average Bonchev–Trinajstić information content (AvgIpc) is 3.33. The number of hydrogen-bond acceptors (Lipinski definition) is 4. The van der Waals surface area contributed by atoms with Gasteiger partial charge in [0.2, 0.25) is 0 Å². The number of carbonyl (C=O) groups is 1. The van der Waals surface area contributed by atoms with Gasteiger partial charge in [0.15, 0.2) is 11.5 Å². The maximum Gasteiger partial charge on any atom is 0.273 e. The maximum atomic E-state index is 13.3. The molecule has 2 heterocycles. The van der Waals surface area contributed by atoms with Crippen LogP contribution in [0.3, 0.4) is 0 Å². The first-order chi connectivity index (χ1) is 15.8. The Hall–Kier alpha value is -2.99. The Kier molecular flexibility index (Phi) is 6.66. The lowest BCUT2D eigenvalue weighted by Gasteiger charge is -2.30. The van der Waals surface area contributed by atoms with Crippen molar-refractivity contribution in [1.29, 1.82) is 0 Å². The number of hydrogen-bond donors (Lipinski definition) is 1. The number of methoxy groups -OCH3 is 1. The molecule has 1 atom stereocenters. The molecule has 1 N–H and O–H groups in total. The predicted octanol–water partition coefficient (Wildman–Crippen LogP) is 6.12. The van der Waals surface area contributed by atoms with Gasteiger partial charge in [-0.1, -0.05) is 43.6 Å². The third-order valence-corrected chi connectivity index (χ3v) is 6.19. The van der Waals surface area contributed by atoms with Crippen LogP contribution >= 0.6 is 11.6 Å². The molecule has 6 nitrogen and oxygen atoms in total. The highest BCUT2D eigenvalue weighted by molar-refractivity contribution is 6.30. The van der Waals surface area contributed by atoms with E-state index in [2.05, 4.69) is 24.0 Å². The summed E-state index contributed by atoms with van der Waals surface area (Å²) in [6.07, 6.45) is 0.964. The molecule has 7 heteroatoms. The molecule has 1 aliphatic heterocycles. The fourth-order valence-corrected chi connectivity index (χ4v) is 4.36. The summed E-state index contributed by atoms with van der Waals surface area (Å²) in [4.78, 5) is 15.2. The van der Waals surface area contributed by atoms with Crippen molar-refractivity contribution < 1.29 is 14.3 Å². The minimum absolute atomic E-state index is 0.00525. The molecular weight excluding hydrogens is 438 g/mol. The summed E-state index contributed by atoms with van der Waals surface area (Å²) in [6, 6.07) is 13.1. The van der Waals surface area contributed by atoms with Crippen LogP contribution in [-0.2, 0) is 0 Å². The first kappa shape index (κ1) is 23.2. The van der Waals surface area contributed by atoms with E-state index in [1.807, 2.05) is 61.2 Å². The number of benzene rings is 2. The summed E-state index contributed by atoms with van der Waals surface area (Å²) in [5.41, 5.74) is 3.99. The monoisotopic (exact) mass is 467 g/mol. The summed E-state index contributed by atoms with van der Waals surface area (Å²) in [5.74, 6) is 1.85. The van der Waals surface area contributed by atoms with Gasteiger partial charge in [-0.05, 0) is 56.0 Å². The van der Waals surface area contributed by atoms with Gasteiger partial charge in [-0.3, -0.25) is 9.89 Å². The number of fused-ring (bicyclic) bond motifs is 1. The Morgan fingerprint density at radius 3 is 2.45 bits per heavy atom. The topological polar surface area (TPSA) is 67.5 Å². The van der Waals surface area contributed by atoms with Crippen molar-refractivity contribution in [1.82, 2.24) is 15.1 Å². The van der Waals surface area contributed by atoms with Crippen molar-refractivity contribution in [2.24, 2.45) is 5.92 Å². The molecule has 0 spiro atoms. The summed E-state index contributed by atoms with van der Waals surface area (Å²) in [6.45, 7) is 9.00. The fraction of sp³-hybridized carbons (Fsp3) is 0.385. The van der Waals surface area contributed by atoms with Gasteiger partial charge in [-0.2, -0.15) is 5.10 Å². The number of halogens is 1. The Morgan fingerprint density at radius 1 is 1.09 bits per heavy atom. The number of aromatic nitrogens is 2. The number of rotatable bonds is 8. The summed E-state index contributed by atoms with van der Waals surface area (Å²) < 4.78 is 11.6. The number of nitrogens with zero attached hydrogens (tertiary/aromatic N) is 2. The van der Waals surface area contributed by atoms with Crippen LogP contribution < -0.4 is 9.47 Å². The van der Waals surface area contributed by atoms with Crippen molar-refractivity contribution in [3.63, 3.8) is 0 Å². The smallest absolute Gasteiger partial charge is 0.273 e. The highest BCUT2D eigenvalue weighted by atomic mass is 35.5. The summed E-state index contributed by atoms with van der Waals surface area (Å²) >= 11 is 6.09. The van der Waals surface area contributed by atoms with E-state index in [1.165, 1.54) is 0 Å². The second kappa shape index (κ2) is 9.48. The molecule has 0 aliphatic carbocycles. The van der Waals surface area contributed by atoms with Crippen LogP contribution in [0.4, 0.5) is 0 Å². The molecule has 1 aromatic heterocycles. The lowest BCUT2D eigenvalue weighted by molar-refractivity contribution is 0.0687. The quantitative estimate of drug-likeness (QED) is 0.433. The second-order valence-corrected chi connectivity index (χ2v) is 9.45. The molecule has 1 unspecified atom stereocenters. The number of ether oxygens (including phenoxy) is 2. The number of carbonyl (C=O) groups excluding carboxylic acids is 1. The number of H-pyrrole nitrogens is 1. The predicted molar refractivity (Wildman–Crippen MR) is 130 cm³/mol. The van der Waals surface area contributed by atoms with Crippen LogP contribution in [0.2, 0.25) is 5.02 Å². The fourth-order valence-electron chi connectivity index (χ4n) is 4.23. The lowest BCUT2D eigenvalue weighted by atomic mass is 9.95. The van der Waals surface area contributed by atoms with Gasteiger partial charge >= 0.3 is 0 Å². The van der Waals surface area contributed by atoms with Crippen LogP contribution in [0.5, 0.6) is 11.5 Å². The first-order valence-electron chi connectivity index (χ1n) is 11.3. The Labute approximate surface area is 199 Å². The molecule has 33 heavy (non-hydrogen) atoms. The van der Waals surface area contributed by atoms with Crippen LogP contribution in [0, 0.1) is 5.92 Å². The third-order valence-electron chi connectivity index (χ3n) is 5.93. The van der Waals surface area contributed by atoms with Crippen molar-refractivity contribution >= 4 is 17.5 Å². The second-order valence-electron chi connectivity index (χ2n) is 9.02. The van der Waals surface area contributed by atoms with Crippen LogP contribution in [0.15, 0.2) is 42.5 Å².